The van der Waals surface area contributed by atoms with Crippen molar-refractivity contribution in [2.75, 3.05) is 6.54 Å². The number of nitrogens with one attached hydrogen (secondary N) is 2. The number of alkyl halides is 1. The number of hydrogen-bond acceptors (Lipinski definition) is 4. The zero-order valence-electron chi connectivity index (χ0n) is 11.0. The van der Waals surface area contributed by atoms with Crippen LogP contribution in [0.2, 0.25) is 0 Å². The topological polar surface area (TPSA) is 71.8 Å². The third-order valence-corrected chi connectivity index (χ3v) is 2.77. The summed E-state index contributed by atoms with van der Waals surface area (Å²) in [6.07, 6.45) is 1.28. The maximum absolute atomic E-state index is 13.0. The van der Waals surface area contributed by atoms with E-state index in [4.69, 9.17) is 0 Å². The number of hydrogen-bond donors (Lipinski definition) is 2. The molecule has 0 radical (unpaired) electrons. The predicted octanol–water partition coefficient (Wildman–Crippen LogP) is 0.538. The molecular weight excluding hydrogens is 273 g/mol. The number of amides is 1. The van der Waals surface area contributed by atoms with Crippen molar-refractivity contribution < 1.29 is 9.18 Å². The Hall–Kier alpha value is -1.21. The van der Waals surface area contributed by atoms with Crippen LogP contribution in [-0.4, -0.2) is 45.7 Å². The van der Waals surface area contributed by atoms with E-state index in [1.165, 1.54) is 0 Å². The van der Waals surface area contributed by atoms with Crippen molar-refractivity contribution in [1.29, 1.82) is 0 Å². The molecule has 1 aliphatic heterocycles. The summed E-state index contributed by atoms with van der Waals surface area (Å²) in [4.78, 5) is 11.7. The fourth-order valence-electron chi connectivity index (χ4n) is 1.96. The second-order valence-electron chi connectivity index (χ2n) is 4.89. The molecule has 0 spiro atoms. The molecular formula is C11H19ClFN5O. The molecule has 0 aromatic carbocycles. The number of nitrogens with zero attached hydrogens (tertiary/aromatic N) is 3. The van der Waals surface area contributed by atoms with E-state index >= 15 is 0 Å². The maximum atomic E-state index is 13.0. The normalized spacial score (nSPS) is 22.3. The summed E-state index contributed by atoms with van der Waals surface area (Å²) < 4.78 is 14.6. The van der Waals surface area contributed by atoms with Crippen molar-refractivity contribution in [2.24, 2.45) is 0 Å². The van der Waals surface area contributed by atoms with Gasteiger partial charge in [0.05, 0.1) is 12.7 Å². The highest BCUT2D eigenvalue weighted by molar-refractivity contribution is 5.91. The molecule has 6 nitrogen and oxygen atoms in total. The van der Waals surface area contributed by atoms with Gasteiger partial charge in [-0.2, -0.15) is 0 Å². The van der Waals surface area contributed by atoms with Crippen LogP contribution in [0.4, 0.5) is 4.39 Å². The molecule has 2 N–H and O–H groups in total. The standard InChI is InChI=1S/C11H18FN5O.ClH/c1-7(2)14-11(18)10-6-17(16-15-10)5-9-3-8(12)4-13-9;/h6-9,13H,3-5H2,1-2H3,(H,14,18);1H/t8-,9-;/m0./s1. The van der Waals surface area contributed by atoms with Gasteiger partial charge < -0.3 is 10.6 Å². The van der Waals surface area contributed by atoms with Crippen molar-refractivity contribution in [2.45, 2.75) is 45.1 Å². The van der Waals surface area contributed by atoms with Gasteiger partial charge in [0.15, 0.2) is 5.69 Å². The van der Waals surface area contributed by atoms with Crippen LogP contribution >= 0.6 is 12.4 Å². The first kappa shape index (κ1) is 15.8. The summed E-state index contributed by atoms with van der Waals surface area (Å²) in [5.41, 5.74) is 0.290. The van der Waals surface area contributed by atoms with Crippen molar-refractivity contribution >= 4 is 18.3 Å². The third kappa shape index (κ3) is 4.43. The lowest BCUT2D eigenvalue weighted by molar-refractivity contribution is 0.0938. The molecule has 0 bridgehead atoms. The SMILES string of the molecule is CC(C)NC(=O)c1cn(C[C@@H]2C[C@H](F)CN2)nn1.Cl. The third-order valence-electron chi connectivity index (χ3n) is 2.77. The van der Waals surface area contributed by atoms with Gasteiger partial charge in [-0.3, -0.25) is 9.48 Å². The van der Waals surface area contributed by atoms with Crippen molar-refractivity contribution in [3.63, 3.8) is 0 Å². The van der Waals surface area contributed by atoms with Crippen LogP contribution < -0.4 is 10.6 Å². The van der Waals surface area contributed by atoms with Crippen LogP contribution in [0.3, 0.4) is 0 Å². The van der Waals surface area contributed by atoms with E-state index in [2.05, 4.69) is 20.9 Å². The van der Waals surface area contributed by atoms with Gasteiger partial charge in [-0.15, -0.1) is 17.5 Å². The Labute approximate surface area is 117 Å². The Bertz CT molecular complexity index is 425. The Morgan fingerprint density at radius 3 is 3.00 bits per heavy atom. The quantitative estimate of drug-likeness (QED) is 0.849. The lowest BCUT2D eigenvalue weighted by atomic mass is 10.2. The molecule has 0 aliphatic carbocycles. The summed E-state index contributed by atoms with van der Waals surface area (Å²) in [7, 11) is 0. The molecule has 1 aromatic rings. The number of carbonyl (C=O) groups is 1. The number of aromatic nitrogens is 3. The minimum absolute atomic E-state index is 0. The van der Waals surface area contributed by atoms with E-state index in [0.717, 1.165) is 0 Å². The summed E-state index contributed by atoms with van der Waals surface area (Å²) in [5.74, 6) is -0.237. The first-order valence-electron chi connectivity index (χ1n) is 6.13. The fraction of sp³-hybridized carbons (Fsp3) is 0.727. The lowest BCUT2D eigenvalue weighted by Gasteiger charge is -2.08. The van der Waals surface area contributed by atoms with Gasteiger partial charge in [-0.25, -0.2) is 4.39 Å². The van der Waals surface area contributed by atoms with Crippen LogP contribution in [0.15, 0.2) is 6.20 Å². The Kier molecular flexibility index (Phi) is 5.68. The van der Waals surface area contributed by atoms with Gasteiger partial charge in [-0.05, 0) is 20.3 Å². The molecule has 2 heterocycles. The van der Waals surface area contributed by atoms with E-state index in [1.54, 1.807) is 10.9 Å². The van der Waals surface area contributed by atoms with Crippen LogP contribution in [0.1, 0.15) is 30.8 Å². The lowest BCUT2D eigenvalue weighted by Crippen LogP contribution is -2.30. The number of rotatable bonds is 4. The van der Waals surface area contributed by atoms with E-state index in [0.29, 0.717) is 25.2 Å². The molecule has 2 rings (SSSR count). The Morgan fingerprint density at radius 2 is 2.42 bits per heavy atom. The van der Waals surface area contributed by atoms with Crippen molar-refractivity contribution in [3.05, 3.63) is 11.9 Å². The zero-order valence-corrected chi connectivity index (χ0v) is 11.8. The van der Waals surface area contributed by atoms with E-state index in [-0.39, 0.29) is 30.4 Å². The van der Waals surface area contributed by atoms with Crippen molar-refractivity contribution in [3.8, 4) is 0 Å². The summed E-state index contributed by atoms with van der Waals surface area (Å²) in [5, 5.41) is 13.5. The summed E-state index contributed by atoms with van der Waals surface area (Å²) in [6, 6.07) is 0.120. The number of carbonyl (C=O) groups excluding carboxylic acids is 1. The van der Waals surface area contributed by atoms with Gasteiger partial charge in [0.25, 0.3) is 5.91 Å². The van der Waals surface area contributed by atoms with Crippen LogP contribution in [0.25, 0.3) is 0 Å². The fourth-order valence-corrected chi connectivity index (χ4v) is 1.96. The average Bonchev–Trinajstić information content (AvgIpc) is 2.87. The predicted molar refractivity (Wildman–Crippen MR) is 71.2 cm³/mol. The molecule has 19 heavy (non-hydrogen) atoms. The molecule has 1 amide bonds. The minimum Gasteiger partial charge on any atom is -0.348 e. The average molecular weight is 292 g/mol. The second kappa shape index (κ2) is 6.81. The molecule has 108 valence electrons. The smallest absolute Gasteiger partial charge is 0.273 e. The summed E-state index contributed by atoms with van der Waals surface area (Å²) in [6.45, 7) is 4.68. The van der Waals surface area contributed by atoms with Gasteiger partial charge in [-0.1, -0.05) is 5.21 Å². The first-order chi connectivity index (χ1) is 8.54. The Morgan fingerprint density at radius 1 is 1.68 bits per heavy atom. The molecule has 8 heteroatoms. The monoisotopic (exact) mass is 291 g/mol. The van der Waals surface area contributed by atoms with E-state index in [9.17, 15) is 9.18 Å². The van der Waals surface area contributed by atoms with Gasteiger partial charge in [0.1, 0.15) is 6.17 Å². The molecule has 1 aliphatic rings. The molecule has 0 saturated carbocycles. The highest BCUT2D eigenvalue weighted by Crippen LogP contribution is 2.11. The summed E-state index contributed by atoms with van der Waals surface area (Å²) >= 11 is 0. The maximum Gasteiger partial charge on any atom is 0.273 e. The molecule has 1 aromatic heterocycles. The van der Waals surface area contributed by atoms with Crippen LogP contribution in [0.5, 0.6) is 0 Å². The van der Waals surface area contributed by atoms with Gasteiger partial charge >= 0.3 is 0 Å². The molecule has 1 fully saturated rings. The van der Waals surface area contributed by atoms with Crippen molar-refractivity contribution in [1.82, 2.24) is 25.6 Å². The zero-order chi connectivity index (χ0) is 13.1. The van der Waals surface area contributed by atoms with Gasteiger partial charge in [0.2, 0.25) is 0 Å². The highest BCUT2D eigenvalue weighted by atomic mass is 35.5. The molecule has 2 atom stereocenters. The van der Waals surface area contributed by atoms with E-state index in [1.807, 2.05) is 13.8 Å². The Balaban J connectivity index is 0.00000180. The van der Waals surface area contributed by atoms with Crippen LogP contribution in [0, 0.1) is 0 Å². The highest BCUT2D eigenvalue weighted by Gasteiger charge is 2.24. The van der Waals surface area contributed by atoms with E-state index < -0.39 is 6.17 Å². The first-order valence-corrected chi connectivity index (χ1v) is 6.13. The molecule has 1 saturated heterocycles. The van der Waals surface area contributed by atoms with Crippen LogP contribution in [-0.2, 0) is 6.54 Å². The minimum atomic E-state index is -0.790. The second-order valence-corrected chi connectivity index (χ2v) is 4.89. The largest absolute Gasteiger partial charge is 0.348 e. The van der Waals surface area contributed by atoms with Gasteiger partial charge in [0, 0.05) is 18.6 Å². The number of halogens is 2. The molecule has 0 unspecified atom stereocenters.